The molecule has 0 atom stereocenters. The molecule has 1 nitrogen and oxygen atoms in total. The molecule has 0 heterocycles. The van der Waals surface area contributed by atoms with Crippen molar-refractivity contribution in [2.75, 3.05) is 0 Å². The molecule has 0 amide bonds. The summed E-state index contributed by atoms with van der Waals surface area (Å²) in [6.07, 6.45) is 1.61. The van der Waals surface area contributed by atoms with Crippen LogP contribution in [-0.2, 0) is 0 Å². The van der Waals surface area contributed by atoms with Crippen molar-refractivity contribution in [2.24, 2.45) is 0 Å². The number of nitrogens with zero attached hydrogens (tertiary/aromatic N) is 1. The van der Waals surface area contributed by atoms with Crippen LogP contribution in [0.15, 0.2) is 60.7 Å². The highest BCUT2D eigenvalue weighted by atomic mass is 14.2. The maximum Gasteiger partial charge on any atom is 0.0918 e. The second kappa shape index (κ2) is 5.14. The van der Waals surface area contributed by atoms with Crippen molar-refractivity contribution >= 4 is 5.57 Å². The van der Waals surface area contributed by atoms with E-state index in [4.69, 9.17) is 5.26 Å². The highest BCUT2D eigenvalue weighted by Crippen LogP contribution is 2.25. The van der Waals surface area contributed by atoms with Crippen LogP contribution in [-0.4, -0.2) is 0 Å². The van der Waals surface area contributed by atoms with Crippen LogP contribution in [0.4, 0.5) is 0 Å². The van der Waals surface area contributed by atoms with Gasteiger partial charge in [0.05, 0.1) is 6.07 Å². The average Bonchev–Trinajstić information content (AvgIpc) is 2.38. The van der Waals surface area contributed by atoms with Gasteiger partial charge in [-0.15, -0.1) is 0 Å². The van der Waals surface area contributed by atoms with Gasteiger partial charge in [0.25, 0.3) is 0 Å². The summed E-state index contributed by atoms with van der Waals surface area (Å²) in [5.41, 5.74) is 4.34. The van der Waals surface area contributed by atoms with E-state index in [1.807, 2.05) is 48.5 Å². The van der Waals surface area contributed by atoms with Crippen LogP contribution in [0.25, 0.3) is 5.57 Å². The summed E-state index contributed by atoms with van der Waals surface area (Å²) in [6, 6.07) is 20.2. The van der Waals surface area contributed by atoms with Gasteiger partial charge in [-0.25, -0.2) is 0 Å². The molecule has 0 bridgehead atoms. The lowest BCUT2D eigenvalue weighted by atomic mass is 9.94. The summed E-state index contributed by atoms with van der Waals surface area (Å²) < 4.78 is 0. The first-order valence-electron chi connectivity index (χ1n) is 5.54. The molecule has 2 aromatic carbocycles. The first-order valence-corrected chi connectivity index (χ1v) is 5.54. The zero-order valence-corrected chi connectivity index (χ0v) is 9.72. The largest absolute Gasteiger partial charge is 0.193 e. The van der Waals surface area contributed by atoms with Crippen molar-refractivity contribution < 1.29 is 0 Å². The molecule has 0 unspecified atom stereocenters. The number of hydrogen-bond acceptors (Lipinski definition) is 1. The van der Waals surface area contributed by atoms with E-state index in [-0.39, 0.29) is 0 Å². The van der Waals surface area contributed by atoms with E-state index in [0.717, 1.165) is 16.7 Å². The summed E-state index contributed by atoms with van der Waals surface area (Å²) >= 11 is 0. The van der Waals surface area contributed by atoms with Crippen LogP contribution in [0.3, 0.4) is 0 Å². The van der Waals surface area contributed by atoms with Gasteiger partial charge in [0.1, 0.15) is 0 Å². The minimum absolute atomic E-state index is 0.978. The van der Waals surface area contributed by atoms with E-state index < -0.39 is 0 Å². The Kier molecular flexibility index (Phi) is 3.37. The Hall–Kier alpha value is -2.33. The minimum atomic E-state index is 0.978. The molecule has 0 fully saturated rings. The molecule has 0 aliphatic heterocycles. The maximum atomic E-state index is 8.92. The Bertz CT molecular complexity index is 574. The molecule has 0 spiro atoms. The van der Waals surface area contributed by atoms with Crippen LogP contribution in [0.1, 0.15) is 16.7 Å². The van der Waals surface area contributed by atoms with Crippen LogP contribution in [0, 0.1) is 18.3 Å². The molecule has 82 valence electrons. The number of aryl methyl sites for hydroxylation is 1. The highest BCUT2D eigenvalue weighted by Gasteiger charge is 2.06. The average molecular weight is 219 g/mol. The fourth-order valence-electron chi connectivity index (χ4n) is 1.87. The quantitative estimate of drug-likeness (QED) is 0.701. The predicted octanol–water partition coefficient (Wildman–Crippen LogP) is 3.95. The lowest BCUT2D eigenvalue weighted by molar-refractivity contribution is 1.41. The monoisotopic (exact) mass is 219 g/mol. The molecule has 2 rings (SSSR count). The number of hydrogen-bond donors (Lipinski definition) is 0. The van der Waals surface area contributed by atoms with Gasteiger partial charge >= 0.3 is 0 Å². The van der Waals surface area contributed by atoms with E-state index >= 15 is 0 Å². The van der Waals surface area contributed by atoms with Crippen LogP contribution in [0.5, 0.6) is 0 Å². The van der Waals surface area contributed by atoms with Crippen molar-refractivity contribution in [3.63, 3.8) is 0 Å². The third-order valence-electron chi connectivity index (χ3n) is 2.73. The van der Waals surface area contributed by atoms with Crippen molar-refractivity contribution in [1.82, 2.24) is 0 Å². The smallest absolute Gasteiger partial charge is 0.0918 e. The second-order valence-electron chi connectivity index (χ2n) is 3.87. The fraction of sp³-hybridized carbons (Fsp3) is 0.0625. The van der Waals surface area contributed by atoms with Crippen molar-refractivity contribution in [3.8, 4) is 6.07 Å². The number of allylic oxidation sites excluding steroid dienone is 1. The second-order valence-corrected chi connectivity index (χ2v) is 3.87. The summed E-state index contributed by atoms with van der Waals surface area (Å²) in [7, 11) is 0. The molecule has 0 aromatic heterocycles. The lowest BCUT2D eigenvalue weighted by Gasteiger charge is -2.09. The van der Waals surface area contributed by atoms with Gasteiger partial charge in [-0.05, 0) is 29.2 Å². The van der Waals surface area contributed by atoms with Crippen molar-refractivity contribution in [1.29, 1.82) is 5.26 Å². The Morgan fingerprint density at radius 2 is 1.65 bits per heavy atom. The third-order valence-corrected chi connectivity index (χ3v) is 2.73. The zero-order chi connectivity index (χ0) is 12.1. The molecular weight excluding hydrogens is 206 g/mol. The standard InChI is InChI=1S/C16H13N/c1-13-7-5-6-10-15(13)16(11-12-17)14-8-3-2-4-9-14/h2-11H,1H3/b16-11+. The highest BCUT2D eigenvalue weighted by molar-refractivity contribution is 5.82. The molecular formula is C16H13N. The van der Waals surface area contributed by atoms with Gasteiger partial charge in [0, 0.05) is 6.08 Å². The minimum Gasteiger partial charge on any atom is -0.193 e. The van der Waals surface area contributed by atoms with Gasteiger partial charge in [0.15, 0.2) is 0 Å². The molecule has 0 saturated carbocycles. The number of benzene rings is 2. The first kappa shape index (κ1) is 11.2. The summed E-state index contributed by atoms with van der Waals surface area (Å²) in [4.78, 5) is 0. The number of rotatable bonds is 2. The van der Waals surface area contributed by atoms with Gasteiger partial charge in [-0.2, -0.15) is 5.26 Å². The molecule has 17 heavy (non-hydrogen) atoms. The topological polar surface area (TPSA) is 23.8 Å². The molecule has 2 aromatic rings. The van der Waals surface area contributed by atoms with E-state index in [9.17, 15) is 0 Å². The van der Waals surface area contributed by atoms with Crippen LogP contribution >= 0.6 is 0 Å². The van der Waals surface area contributed by atoms with Crippen LogP contribution in [0.2, 0.25) is 0 Å². The normalized spacial score (nSPS) is 10.9. The Balaban J connectivity index is 2.57. The van der Waals surface area contributed by atoms with Crippen molar-refractivity contribution in [2.45, 2.75) is 6.92 Å². The first-order chi connectivity index (χ1) is 8.33. The maximum absolute atomic E-state index is 8.92. The van der Waals surface area contributed by atoms with E-state index in [0.29, 0.717) is 0 Å². The Labute approximate surface area is 102 Å². The zero-order valence-electron chi connectivity index (χ0n) is 9.72. The van der Waals surface area contributed by atoms with Gasteiger partial charge in [-0.1, -0.05) is 54.6 Å². The Morgan fingerprint density at radius 1 is 1.00 bits per heavy atom. The SMILES string of the molecule is Cc1ccccc1/C(=C/C#N)c1ccccc1. The third kappa shape index (κ3) is 2.43. The lowest BCUT2D eigenvalue weighted by Crippen LogP contribution is -1.90. The Morgan fingerprint density at radius 3 is 2.29 bits per heavy atom. The molecule has 0 aliphatic carbocycles. The van der Waals surface area contributed by atoms with Crippen molar-refractivity contribution in [3.05, 3.63) is 77.4 Å². The fourth-order valence-corrected chi connectivity index (χ4v) is 1.87. The molecule has 0 N–H and O–H groups in total. The van der Waals surface area contributed by atoms with E-state index in [1.165, 1.54) is 5.56 Å². The van der Waals surface area contributed by atoms with E-state index in [1.54, 1.807) is 6.08 Å². The summed E-state index contributed by atoms with van der Waals surface area (Å²) in [6.45, 7) is 2.06. The summed E-state index contributed by atoms with van der Waals surface area (Å²) in [5.74, 6) is 0. The number of nitriles is 1. The molecule has 0 saturated heterocycles. The van der Waals surface area contributed by atoms with Crippen LogP contribution < -0.4 is 0 Å². The van der Waals surface area contributed by atoms with Gasteiger partial charge in [-0.3, -0.25) is 0 Å². The molecule has 1 heteroatoms. The molecule has 0 radical (unpaired) electrons. The van der Waals surface area contributed by atoms with E-state index in [2.05, 4.69) is 19.1 Å². The predicted molar refractivity (Wildman–Crippen MR) is 70.3 cm³/mol. The molecule has 0 aliphatic rings. The van der Waals surface area contributed by atoms with Gasteiger partial charge in [0.2, 0.25) is 0 Å². The van der Waals surface area contributed by atoms with Gasteiger partial charge < -0.3 is 0 Å². The summed E-state index contributed by atoms with van der Waals surface area (Å²) in [5, 5.41) is 8.92.